The van der Waals surface area contributed by atoms with Crippen molar-refractivity contribution >= 4 is 5.91 Å². The number of hydrogen-bond donors (Lipinski definition) is 1. The van der Waals surface area contributed by atoms with Crippen LogP contribution in [0.5, 0.6) is 0 Å². The van der Waals surface area contributed by atoms with E-state index in [9.17, 15) is 4.79 Å². The maximum atomic E-state index is 12.5. The normalized spacial score (nSPS) is 31.3. The van der Waals surface area contributed by atoms with Crippen LogP contribution >= 0.6 is 0 Å². The predicted octanol–water partition coefficient (Wildman–Crippen LogP) is 4.03. The summed E-state index contributed by atoms with van der Waals surface area (Å²) in [5, 5.41) is 3.35. The van der Waals surface area contributed by atoms with E-state index in [2.05, 4.69) is 10.2 Å². The summed E-state index contributed by atoms with van der Waals surface area (Å²) >= 11 is 0. The van der Waals surface area contributed by atoms with E-state index in [1.54, 1.807) is 0 Å². The van der Waals surface area contributed by atoms with Crippen LogP contribution in [0, 0.1) is 5.92 Å². The molecule has 1 spiro atoms. The van der Waals surface area contributed by atoms with Crippen molar-refractivity contribution in [1.82, 2.24) is 10.2 Å². The maximum absolute atomic E-state index is 12.5. The molecule has 0 unspecified atom stereocenters. The van der Waals surface area contributed by atoms with Gasteiger partial charge in [-0.2, -0.15) is 0 Å². The number of piperidine rings is 1. The fraction of sp³-hybridized carbons (Fsp3) is 0.955. The standard InChI is InChI=1S/C22H38N2O2/c25-21(18-7-3-1-4-8-18)23-19-10-15-24(16-11-19)17-20-9-14-22(26-20)12-5-2-6-13-22/h18-20H,1-17H2,(H,23,25)/t20-/m0/s1. The van der Waals surface area contributed by atoms with Gasteiger partial charge in [-0.05, 0) is 51.4 Å². The van der Waals surface area contributed by atoms with E-state index in [4.69, 9.17) is 4.74 Å². The number of rotatable bonds is 4. The van der Waals surface area contributed by atoms with Gasteiger partial charge in [-0.15, -0.1) is 0 Å². The molecule has 2 saturated carbocycles. The van der Waals surface area contributed by atoms with Crippen LogP contribution in [0.3, 0.4) is 0 Å². The van der Waals surface area contributed by atoms with Crippen LogP contribution in [-0.4, -0.2) is 48.2 Å². The molecular formula is C22H38N2O2. The maximum Gasteiger partial charge on any atom is 0.223 e. The van der Waals surface area contributed by atoms with Gasteiger partial charge in [0.2, 0.25) is 5.91 Å². The summed E-state index contributed by atoms with van der Waals surface area (Å²) in [4.78, 5) is 15.0. The highest BCUT2D eigenvalue weighted by molar-refractivity contribution is 5.79. The first-order chi connectivity index (χ1) is 12.7. The molecule has 0 aromatic heterocycles. The number of carbonyl (C=O) groups is 1. The monoisotopic (exact) mass is 362 g/mol. The van der Waals surface area contributed by atoms with Gasteiger partial charge in [0.05, 0.1) is 11.7 Å². The number of amides is 1. The van der Waals surface area contributed by atoms with Gasteiger partial charge in [0, 0.05) is 31.6 Å². The minimum Gasteiger partial charge on any atom is -0.370 e. The molecule has 2 aliphatic carbocycles. The van der Waals surface area contributed by atoms with Crippen molar-refractivity contribution in [3.8, 4) is 0 Å². The molecule has 4 rings (SSSR count). The molecular weight excluding hydrogens is 324 g/mol. The highest BCUT2D eigenvalue weighted by Gasteiger charge is 2.41. The van der Waals surface area contributed by atoms with Crippen LogP contribution in [0.15, 0.2) is 0 Å². The number of likely N-dealkylation sites (tertiary alicyclic amines) is 1. The number of nitrogens with zero attached hydrogens (tertiary/aromatic N) is 1. The molecule has 0 radical (unpaired) electrons. The number of carbonyl (C=O) groups excluding carboxylic acids is 1. The Kier molecular flexibility index (Phi) is 6.20. The number of nitrogens with one attached hydrogen (secondary N) is 1. The Hall–Kier alpha value is -0.610. The zero-order valence-corrected chi connectivity index (χ0v) is 16.5. The first-order valence-corrected chi connectivity index (χ1v) is 11.4. The molecule has 4 fully saturated rings. The molecule has 2 saturated heterocycles. The Morgan fingerprint density at radius 1 is 0.885 bits per heavy atom. The van der Waals surface area contributed by atoms with E-state index >= 15 is 0 Å². The average Bonchev–Trinajstić information content (AvgIpc) is 3.06. The molecule has 4 nitrogen and oxygen atoms in total. The zero-order valence-electron chi connectivity index (χ0n) is 16.5. The highest BCUT2D eigenvalue weighted by atomic mass is 16.5. The lowest BCUT2D eigenvalue weighted by Gasteiger charge is -2.36. The molecule has 1 amide bonds. The van der Waals surface area contributed by atoms with Gasteiger partial charge in [-0.3, -0.25) is 4.79 Å². The first-order valence-electron chi connectivity index (χ1n) is 11.4. The van der Waals surface area contributed by atoms with E-state index in [1.165, 1.54) is 64.2 Å². The Labute approximate surface area is 159 Å². The lowest BCUT2D eigenvalue weighted by Crippen LogP contribution is -2.48. The SMILES string of the molecule is O=C(NC1CCN(C[C@@H]2CCC3(CCCCC3)O2)CC1)C1CCCCC1. The van der Waals surface area contributed by atoms with Crippen LogP contribution < -0.4 is 5.32 Å². The van der Waals surface area contributed by atoms with Gasteiger partial charge < -0.3 is 15.0 Å². The number of ether oxygens (including phenoxy) is 1. The van der Waals surface area contributed by atoms with E-state index < -0.39 is 0 Å². The lowest BCUT2D eigenvalue weighted by molar-refractivity contribution is -0.127. The van der Waals surface area contributed by atoms with Crippen molar-refractivity contribution in [2.45, 2.75) is 108 Å². The quantitative estimate of drug-likeness (QED) is 0.821. The molecule has 4 aliphatic rings. The van der Waals surface area contributed by atoms with Crippen LogP contribution in [0.1, 0.15) is 89.9 Å². The van der Waals surface area contributed by atoms with Crippen molar-refractivity contribution in [2.75, 3.05) is 19.6 Å². The molecule has 1 N–H and O–H groups in total. The first kappa shape index (κ1) is 18.7. The Morgan fingerprint density at radius 2 is 1.58 bits per heavy atom. The van der Waals surface area contributed by atoms with Gasteiger partial charge in [-0.1, -0.05) is 38.5 Å². The minimum atomic E-state index is 0.245. The Balaban J connectivity index is 1.16. The summed E-state index contributed by atoms with van der Waals surface area (Å²) in [6.45, 7) is 3.33. The minimum absolute atomic E-state index is 0.245. The van der Waals surface area contributed by atoms with Gasteiger partial charge >= 0.3 is 0 Å². The Morgan fingerprint density at radius 3 is 2.31 bits per heavy atom. The van der Waals surface area contributed by atoms with Gasteiger partial charge in [0.15, 0.2) is 0 Å². The average molecular weight is 363 g/mol. The molecule has 148 valence electrons. The summed E-state index contributed by atoms with van der Waals surface area (Å²) in [6.07, 6.45) is 17.9. The fourth-order valence-electron chi connectivity index (χ4n) is 5.82. The van der Waals surface area contributed by atoms with Crippen molar-refractivity contribution in [3.05, 3.63) is 0 Å². The topological polar surface area (TPSA) is 41.6 Å². The predicted molar refractivity (Wildman–Crippen MR) is 104 cm³/mol. The third-order valence-corrected chi connectivity index (χ3v) is 7.48. The summed E-state index contributed by atoms with van der Waals surface area (Å²) in [6, 6.07) is 0.398. The van der Waals surface area contributed by atoms with Crippen molar-refractivity contribution in [1.29, 1.82) is 0 Å². The van der Waals surface area contributed by atoms with Crippen molar-refractivity contribution in [3.63, 3.8) is 0 Å². The second kappa shape index (κ2) is 8.60. The highest BCUT2D eigenvalue weighted by Crippen LogP contribution is 2.42. The number of hydrogen-bond acceptors (Lipinski definition) is 3. The van der Waals surface area contributed by atoms with Crippen molar-refractivity contribution in [2.24, 2.45) is 5.92 Å². The van der Waals surface area contributed by atoms with Gasteiger partial charge in [0.1, 0.15) is 0 Å². The fourth-order valence-corrected chi connectivity index (χ4v) is 5.82. The summed E-state index contributed by atoms with van der Waals surface area (Å²) in [5.41, 5.74) is 0.245. The van der Waals surface area contributed by atoms with Crippen LogP contribution in [-0.2, 0) is 9.53 Å². The molecule has 4 heteroatoms. The summed E-state index contributed by atoms with van der Waals surface area (Å²) in [5.74, 6) is 0.627. The van der Waals surface area contributed by atoms with Gasteiger partial charge in [0.25, 0.3) is 0 Å². The van der Waals surface area contributed by atoms with Crippen LogP contribution in [0.2, 0.25) is 0 Å². The van der Waals surface area contributed by atoms with Gasteiger partial charge in [-0.25, -0.2) is 0 Å². The second-order valence-corrected chi connectivity index (χ2v) is 9.44. The van der Waals surface area contributed by atoms with E-state index in [0.29, 0.717) is 24.0 Å². The molecule has 26 heavy (non-hydrogen) atoms. The smallest absolute Gasteiger partial charge is 0.223 e. The van der Waals surface area contributed by atoms with E-state index in [1.807, 2.05) is 0 Å². The van der Waals surface area contributed by atoms with E-state index in [-0.39, 0.29) is 5.60 Å². The summed E-state index contributed by atoms with van der Waals surface area (Å²) < 4.78 is 6.55. The largest absolute Gasteiger partial charge is 0.370 e. The lowest BCUT2D eigenvalue weighted by atomic mass is 9.83. The summed E-state index contributed by atoms with van der Waals surface area (Å²) in [7, 11) is 0. The van der Waals surface area contributed by atoms with Crippen molar-refractivity contribution < 1.29 is 9.53 Å². The Bertz CT molecular complexity index is 461. The molecule has 0 aromatic rings. The molecule has 0 aromatic carbocycles. The second-order valence-electron chi connectivity index (χ2n) is 9.44. The van der Waals surface area contributed by atoms with Crippen LogP contribution in [0.25, 0.3) is 0 Å². The molecule has 0 bridgehead atoms. The molecule has 2 aliphatic heterocycles. The third-order valence-electron chi connectivity index (χ3n) is 7.48. The third kappa shape index (κ3) is 4.62. The molecule has 1 atom stereocenters. The van der Waals surface area contributed by atoms with E-state index in [0.717, 1.165) is 45.3 Å². The van der Waals surface area contributed by atoms with Crippen LogP contribution in [0.4, 0.5) is 0 Å². The zero-order chi connectivity index (χ0) is 17.8. The molecule has 2 heterocycles.